The minimum absolute atomic E-state index is 0.0944. The predicted molar refractivity (Wildman–Crippen MR) is 164 cm³/mol. The van der Waals surface area contributed by atoms with Crippen LogP contribution in [-0.2, 0) is 13.5 Å². The van der Waals surface area contributed by atoms with Crippen LogP contribution in [0.5, 0.6) is 0 Å². The molecule has 4 rings (SSSR count). The molecule has 2 unspecified atom stereocenters. The van der Waals surface area contributed by atoms with Crippen LogP contribution in [0.1, 0.15) is 89.0 Å². The Labute approximate surface area is 237 Å². The number of hydrogen-bond donors (Lipinski definition) is 0. The molecule has 0 aromatic heterocycles. The molecule has 1 nitrogen and oxygen atoms in total. The van der Waals surface area contributed by atoms with Gasteiger partial charge in [-0.15, -0.1) is 0 Å². The molecule has 2 atom stereocenters. The monoisotopic (exact) mass is 641 g/mol. The van der Waals surface area contributed by atoms with Gasteiger partial charge >= 0.3 is 117 Å². The summed E-state index contributed by atoms with van der Waals surface area (Å²) < 4.78 is 3.37. The van der Waals surface area contributed by atoms with Gasteiger partial charge in [0.15, 0.2) is 0 Å². The first-order chi connectivity index (χ1) is 17.3. The standard InChI is InChI=1S/C17H35NP.C14H16.2ClH.Ru/c1-18(2,3)14-15-19(16-10-6-4-7-11-16)17-12-8-5-9-13-17;1-12-7-8-14(11-12)10-9-13-5-3-2-4-6-13;;;/h16-17H,4-15H2,1-3H3;1-6,9-10,12,14H,7-8,11H2;2*1H;/q+1;;;;+2/p-1/b;10-9+;;;. The van der Waals surface area contributed by atoms with Gasteiger partial charge in [-0.3, -0.25) is 0 Å². The number of rotatable bonds is 8. The van der Waals surface area contributed by atoms with E-state index in [4.69, 9.17) is 19.4 Å². The van der Waals surface area contributed by atoms with Crippen molar-refractivity contribution < 1.29 is 18.0 Å². The van der Waals surface area contributed by atoms with Gasteiger partial charge in [0.1, 0.15) is 12.7 Å². The first kappa shape index (κ1) is 31.0. The van der Waals surface area contributed by atoms with Crippen LogP contribution in [0.2, 0.25) is 0 Å². The van der Waals surface area contributed by atoms with Crippen molar-refractivity contribution in [2.75, 3.05) is 33.8 Å². The van der Waals surface area contributed by atoms with Crippen LogP contribution in [0.4, 0.5) is 0 Å². The molecule has 0 radical (unpaired) electrons. The van der Waals surface area contributed by atoms with Gasteiger partial charge in [0.2, 0.25) is 0 Å². The number of allylic oxidation sites excluding steroid dienone is 1. The molecule has 206 valence electrons. The molecular weight excluding hydrogens is 589 g/mol. The van der Waals surface area contributed by atoms with E-state index in [0.717, 1.165) is 0 Å². The Kier molecular flexibility index (Phi) is 14.2. The molecule has 0 aliphatic heterocycles. The second kappa shape index (κ2) is 16.5. The summed E-state index contributed by atoms with van der Waals surface area (Å²) in [4.78, 5) is 0. The average Bonchev–Trinajstić information content (AvgIpc) is 3.31. The third-order valence-electron chi connectivity index (χ3n) is 8.46. The van der Waals surface area contributed by atoms with E-state index in [2.05, 4.69) is 62.2 Å². The van der Waals surface area contributed by atoms with E-state index in [1.807, 2.05) is 6.07 Å². The first-order valence-electron chi connectivity index (χ1n) is 14.5. The summed E-state index contributed by atoms with van der Waals surface area (Å²) in [6.07, 6.45) is 25.4. The quantitative estimate of drug-likeness (QED) is 0.151. The summed E-state index contributed by atoms with van der Waals surface area (Å²) in [6.45, 7) is 1.42. The number of quaternary nitrogens is 1. The van der Waals surface area contributed by atoms with E-state index in [-0.39, 0.29) is 7.92 Å². The van der Waals surface area contributed by atoms with Gasteiger partial charge in [0, 0.05) is 7.92 Å². The van der Waals surface area contributed by atoms with E-state index in [1.165, 1.54) is 85.7 Å². The molecule has 0 bridgehead atoms. The van der Waals surface area contributed by atoms with Crippen molar-refractivity contribution in [3.8, 4) is 0 Å². The molecular formula is C31H52Cl2NPRu+2. The van der Waals surface area contributed by atoms with Gasteiger partial charge in [-0.1, -0.05) is 12.8 Å². The summed E-state index contributed by atoms with van der Waals surface area (Å²) in [5.41, 5.74) is 3.63. The van der Waals surface area contributed by atoms with Gasteiger partial charge in [-0.05, 0) is 51.4 Å². The Bertz CT molecular complexity index is 773. The van der Waals surface area contributed by atoms with Gasteiger partial charge < -0.3 is 4.48 Å². The van der Waals surface area contributed by atoms with Crippen LogP contribution in [0, 0.1) is 11.8 Å². The van der Waals surface area contributed by atoms with E-state index < -0.39 is 13.5 Å². The molecule has 0 amide bonds. The Morgan fingerprint density at radius 1 is 0.806 bits per heavy atom. The van der Waals surface area contributed by atoms with Crippen LogP contribution in [0.15, 0.2) is 36.4 Å². The Morgan fingerprint density at radius 2 is 1.36 bits per heavy atom. The first-order valence-corrected chi connectivity index (χ1v) is 21.9. The van der Waals surface area contributed by atoms with Gasteiger partial charge in [0.25, 0.3) is 0 Å². The molecule has 1 aromatic carbocycles. The third kappa shape index (κ3) is 12.1. The second-order valence-electron chi connectivity index (χ2n) is 12.4. The molecule has 1 aromatic rings. The van der Waals surface area contributed by atoms with E-state index in [0.29, 0.717) is 11.8 Å². The van der Waals surface area contributed by atoms with Crippen molar-refractivity contribution in [3.63, 3.8) is 0 Å². The van der Waals surface area contributed by atoms with Gasteiger partial charge in [-0.25, -0.2) is 0 Å². The fourth-order valence-corrected chi connectivity index (χ4v) is 13.8. The number of halogens is 2. The zero-order valence-electron chi connectivity index (χ0n) is 23.1. The van der Waals surface area contributed by atoms with Crippen molar-refractivity contribution in [1.82, 2.24) is 0 Å². The summed E-state index contributed by atoms with van der Waals surface area (Å²) in [5.74, 6) is 1.34. The molecule has 0 N–H and O–H groups in total. The summed E-state index contributed by atoms with van der Waals surface area (Å²) in [7, 11) is 18.9. The number of benzene rings is 1. The molecule has 3 fully saturated rings. The molecule has 3 aliphatic carbocycles. The molecule has 3 aliphatic rings. The van der Waals surface area contributed by atoms with Crippen LogP contribution >= 0.6 is 27.3 Å². The maximum atomic E-state index is 5.91. The van der Waals surface area contributed by atoms with Crippen LogP contribution in [0.3, 0.4) is 0 Å². The second-order valence-corrected chi connectivity index (χ2v) is 21.5. The Balaban J connectivity index is 0.000000202. The summed E-state index contributed by atoms with van der Waals surface area (Å²) >= 11 is -1.57. The molecule has 0 spiro atoms. The minimum atomic E-state index is -1.57. The molecule has 3 saturated carbocycles. The number of hydrogen-bond acceptors (Lipinski definition) is 0. The molecule has 5 heteroatoms. The van der Waals surface area contributed by atoms with Gasteiger partial charge in [-0.2, -0.15) is 0 Å². The van der Waals surface area contributed by atoms with Crippen LogP contribution in [-0.4, -0.2) is 54.3 Å². The molecule has 0 heterocycles. The topological polar surface area (TPSA) is 0 Å². The maximum absolute atomic E-state index is 5.91. The Hall–Kier alpha value is 0.423. The van der Waals surface area contributed by atoms with E-state index in [9.17, 15) is 0 Å². The normalized spacial score (nSPS) is 24.6. The van der Waals surface area contributed by atoms with E-state index >= 15 is 0 Å². The predicted octanol–water partition coefficient (Wildman–Crippen LogP) is 9.42. The van der Waals surface area contributed by atoms with Crippen molar-refractivity contribution in [3.05, 3.63) is 42.0 Å². The molecule has 36 heavy (non-hydrogen) atoms. The van der Waals surface area contributed by atoms with Crippen molar-refractivity contribution >= 4 is 38.0 Å². The fourth-order valence-electron chi connectivity index (χ4n) is 6.42. The Morgan fingerprint density at radius 3 is 1.89 bits per heavy atom. The summed E-state index contributed by atoms with van der Waals surface area (Å²) in [6, 6.07) is 10.5. The molecule has 0 saturated heterocycles. The zero-order valence-corrected chi connectivity index (χ0v) is 27.3. The average molecular weight is 642 g/mol. The van der Waals surface area contributed by atoms with E-state index in [1.54, 1.807) is 31.8 Å². The SMILES string of the molecule is C[N+](C)(C)CC[PH+](C1CCCCC1)C1CCCCC1.[Cl][Ru]([Cl])=[CH]C1CCC(/C=C/c2ccccc2)C1. The van der Waals surface area contributed by atoms with Crippen molar-refractivity contribution in [2.45, 2.75) is 94.8 Å². The van der Waals surface area contributed by atoms with Crippen LogP contribution in [0.25, 0.3) is 6.08 Å². The van der Waals surface area contributed by atoms with Gasteiger partial charge in [0.05, 0.1) is 32.5 Å². The number of nitrogens with zero attached hydrogens (tertiary/aromatic N) is 1. The summed E-state index contributed by atoms with van der Waals surface area (Å²) in [5, 5.41) is 0. The van der Waals surface area contributed by atoms with Crippen LogP contribution < -0.4 is 0 Å². The fraction of sp³-hybridized carbons (Fsp3) is 0.710. The van der Waals surface area contributed by atoms with Crippen molar-refractivity contribution in [2.24, 2.45) is 11.8 Å². The zero-order chi connectivity index (χ0) is 25.8. The van der Waals surface area contributed by atoms with Crippen molar-refractivity contribution in [1.29, 1.82) is 0 Å². The third-order valence-corrected chi connectivity index (χ3v) is 14.8.